The van der Waals surface area contributed by atoms with Gasteiger partial charge in [0.05, 0.1) is 18.2 Å². The van der Waals surface area contributed by atoms with Crippen molar-refractivity contribution in [3.05, 3.63) is 83.6 Å². The van der Waals surface area contributed by atoms with E-state index in [0.717, 1.165) is 11.3 Å². The second-order valence-corrected chi connectivity index (χ2v) is 6.44. The number of hydrogen-bond acceptors (Lipinski definition) is 7. The van der Waals surface area contributed by atoms with E-state index in [-0.39, 0.29) is 11.7 Å². The van der Waals surface area contributed by atoms with Gasteiger partial charge in [0.1, 0.15) is 10.6 Å². The summed E-state index contributed by atoms with van der Waals surface area (Å²) in [5, 5.41) is 3.04. The Kier molecular flexibility index (Phi) is 4.54. The molecule has 7 nitrogen and oxygen atoms in total. The minimum absolute atomic E-state index is 0.270. The Hall–Kier alpha value is -3.65. The second kappa shape index (κ2) is 7.30. The van der Waals surface area contributed by atoms with Gasteiger partial charge < -0.3 is 4.42 Å². The third-order valence-electron chi connectivity index (χ3n) is 3.69. The minimum atomic E-state index is -0.332. The van der Waals surface area contributed by atoms with Crippen LogP contribution in [-0.4, -0.2) is 26.6 Å². The van der Waals surface area contributed by atoms with E-state index in [2.05, 4.69) is 20.3 Å². The van der Waals surface area contributed by atoms with Gasteiger partial charge in [-0.3, -0.25) is 24.9 Å². The van der Waals surface area contributed by atoms with Gasteiger partial charge in [-0.1, -0.05) is 17.4 Å². The lowest BCUT2D eigenvalue weighted by molar-refractivity contribution is 0.102. The molecule has 27 heavy (non-hydrogen) atoms. The highest BCUT2D eigenvalue weighted by molar-refractivity contribution is 7.18. The zero-order valence-corrected chi connectivity index (χ0v) is 14.6. The van der Waals surface area contributed by atoms with Crippen molar-refractivity contribution in [3.63, 3.8) is 0 Å². The van der Waals surface area contributed by atoms with E-state index in [9.17, 15) is 9.59 Å². The van der Waals surface area contributed by atoms with E-state index in [1.54, 1.807) is 42.6 Å². The first kappa shape index (κ1) is 16.8. The number of carbonyl (C=O) groups excluding carboxylic acids is 2. The van der Waals surface area contributed by atoms with Crippen LogP contribution in [0, 0.1) is 0 Å². The molecule has 0 saturated heterocycles. The number of nitrogens with zero attached hydrogens (tertiary/aromatic N) is 3. The average molecular weight is 376 g/mol. The predicted molar refractivity (Wildman–Crippen MR) is 99.7 cm³/mol. The number of pyridine rings is 2. The van der Waals surface area contributed by atoms with Crippen molar-refractivity contribution in [2.75, 3.05) is 5.32 Å². The SMILES string of the molecule is O=C(Nc1nc(-c2ccoc2)c(C(=O)c2ccccn2)s1)c1ccncc1. The van der Waals surface area contributed by atoms with Crippen LogP contribution in [0.5, 0.6) is 0 Å². The molecule has 0 radical (unpaired) electrons. The molecule has 0 atom stereocenters. The smallest absolute Gasteiger partial charge is 0.257 e. The van der Waals surface area contributed by atoms with Crippen LogP contribution in [0.3, 0.4) is 0 Å². The largest absolute Gasteiger partial charge is 0.472 e. The summed E-state index contributed by atoms with van der Waals surface area (Å²) in [5.74, 6) is -0.601. The van der Waals surface area contributed by atoms with E-state index < -0.39 is 0 Å². The van der Waals surface area contributed by atoms with Gasteiger partial charge in [-0.2, -0.15) is 0 Å². The lowest BCUT2D eigenvalue weighted by Crippen LogP contribution is -2.11. The summed E-state index contributed by atoms with van der Waals surface area (Å²) in [5.41, 5.74) is 1.84. The zero-order chi connectivity index (χ0) is 18.6. The quantitative estimate of drug-likeness (QED) is 0.534. The van der Waals surface area contributed by atoms with E-state index in [4.69, 9.17) is 4.42 Å². The molecule has 132 valence electrons. The number of furan rings is 1. The molecule has 4 rings (SSSR count). The fourth-order valence-corrected chi connectivity index (χ4v) is 3.34. The van der Waals surface area contributed by atoms with Crippen molar-refractivity contribution in [1.82, 2.24) is 15.0 Å². The highest BCUT2D eigenvalue weighted by Gasteiger charge is 2.23. The molecule has 0 bridgehead atoms. The number of nitrogens with one attached hydrogen (secondary N) is 1. The molecular weight excluding hydrogens is 364 g/mol. The summed E-state index contributed by atoms with van der Waals surface area (Å²) in [4.78, 5) is 38.1. The minimum Gasteiger partial charge on any atom is -0.472 e. The fourth-order valence-electron chi connectivity index (χ4n) is 2.41. The topological polar surface area (TPSA) is 98.0 Å². The molecule has 4 aromatic rings. The first-order chi connectivity index (χ1) is 13.2. The van der Waals surface area contributed by atoms with Gasteiger partial charge in [0.2, 0.25) is 5.78 Å². The average Bonchev–Trinajstić information content (AvgIpc) is 3.38. The maximum atomic E-state index is 12.9. The van der Waals surface area contributed by atoms with Crippen molar-refractivity contribution in [2.24, 2.45) is 0 Å². The Morgan fingerprint density at radius 1 is 1.04 bits per heavy atom. The lowest BCUT2D eigenvalue weighted by atomic mass is 10.1. The van der Waals surface area contributed by atoms with Crippen molar-refractivity contribution in [1.29, 1.82) is 0 Å². The van der Waals surface area contributed by atoms with Gasteiger partial charge >= 0.3 is 0 Å². The standard InChI is InChI=1S/C19H12N4O3S/c24-16(14-3-1-2-7-21-14)17-15(13-6-10-26-11-13)22-19(27-17)23-18(25)12-4-8-20-9-5-12/h1-11H,(H,22,23,25). The molecule has 4 aromatic heterocycles. The molecule has 1 amide bonds. The molecule has 0 aromatic carbocycles. The monoisotopic (exact) mass is 376 g/mol. The molecule has 0 aliphatic carbocycles. The highest BCUT2D eigenvalue weighted by atomic mass is 32.1. The molecule has 0 unspecified atom stereocenters. The maximum Gasteiger partial charge on any atom is 0.257 e. The summed E-state index contributed by atoms with van der Waals surface area (Å²) in [6.07, 6.45) is 7.61. The number of hydrogen-bond donors (Lipinski definition) is 1. The van der Waals surface area contributed by atoms with Crippen molar-refractivity contribution >= 4 is 28.2 Å². The molecule has 8 heteroatoms. The molecule has 0 fully saturated rings. The van der Waals surface area contributed by atoms with E-state index in [1.165, 1.54) is 24.9 Å². The van der Waals surface area contributed by atoms with Gasteiger partial charge in [0.25, 0.3) is 5.91 Å². The third-order valence-corrected chi connectivity index (χ3v) is 4.66. The van der Waals surface area contributed by atoms with Crippen LogP contribution < -0.4 is 5.32 Å². The Labute approximate surface area is 157 Å². The predicted octanol–water partition coefficient (Wildman–Crippen LogP) is 3.68. The summed E-state index contributed by atoms with van der Waals surface area (Å²) in [6, 6.07) is 10.0. The van der Waals surface area contributed by atoms with Crippen LogP contribution in [0.2, 0.25) is 0 Å². The maximum absolute atomic E-state index is 12.9. The first-order valence-electron chi connectivity index (χ1n) is 7.93. The highest BCUT2D eigenvalue weighted by Crippen LogP contribution is 2.33. The number of anilines is 1. The lowest BCUT2D eigenvalue weighted by Gasteiger charge is -2.00. The van der Waals surface area contributed by atoms with Gasteiger partial charge in [-0.15, -0.1) is 0 Å². The van der Waals surface area contributed by atoms with Crippen LogP contribution in [0.1, 0.15) is 25.7 Å². The Bertz CT molecular complexity index is 1080. The summed E-state index contributed by atoms with van der Waals surface area (Å²) in [6.45, 7) is 0. The Morgan fingerprint density at radius 2 is 1.89 bits per heavy atom. The van der Waals surface area contributed by atoms with Gasteiger partial charge in [-0.05, 0) is 30.3 Å². The summed E-state index contributed by atoms with van der Waals surface area (Å²) < 4.78 is 5.11. The van der Waals surface area contributed by atoms with Crippen LogP contribution in [0.25, 0.3) is 11.3 Å². The normalized spacial score (nSPS) is 10.5. The van der Waals surface area contributed by atoms with E-state index in [1.807, 2.05) is 0 Å². The third kappa shape index (κ3) is 3.51. The number of amides is 1. The fraction of sp³-hybridized carbons (Fsp3) is 0. The number of carbonyl (C=O) groups is 2. The summed E-state index contributed by atoms with van der Waals surface area (Å²) >= 11 is 1.09. The number of ketones is 1. The first-order valence-corrected chi connectivity index (χ1v) is 8.74. The van der Waals surface area contributed by atoms with E-state index in [0.29, 0.717) is 32.5 Å². The van der Waals surface area contributed by atoms with E-state index >= 15 is 0 Å². The zero-order valence-electron chi connectivity index (χ0n) is 13.8. The Balaban J connectivity index is 1.70. The van der Waals surface area contributed by atoms with Crippen LogP contribution in [0.15, 0.2) is 71.9 Å². The van der Waals surface area contributed by atoms with Crippen molar-refractivity contribution < 1.29 is 14.0 Å². The molecule has 0 aliphatic heterocycles. The molecule has 0 aliphatic rings. The molecule has 0 saturated carbocycles. The molecular formula is C19H12N4O3S. The van der Waals surface area contributed by atoms with Crippen LogP contribution >= 0.6 is 11.3 Å². The molecule has 4 heterocycles. The van der Waals surface area contributed by atoms with Crippen LogP contribution in [0.4, 0.5) is 5.13 Å². The van der Waals surface area contributed by atoms with Crippen molar-refractivity contribution in [3.8, 4) is 11.3 Å². The van der Waals surface area contributed by atoms with Crippen LogP contribution in [-0.2, 0) is 0 Å². The summed E-state index contributed by atoms with van der Waals surface area (Å²) in [7, 11) is 0. The van der Waals surface area contributed by atoms with Gasteiger partial charge in [0.15, 0.2) is 5.13 Å². The number of rotatable bonds is 5. The van der Waals surface area contributed by atoms with Gasteiger partial charge in [0, 0.05) is 29.7 Å². The van der Waals surface area contributed by atoms with Gasteiger partial charge in [-0.25, -0.2) is 4.98 Å². The Morgan fingerprint density at radius 3 is 2.59 bits per heavy atom. The molecule has 0 spiro atoms. The van der Waals surface area contributed by atoms with Crippen molar-refractivity contribution in [2.45, 2.75) is 0 Å². The number of thiazole rings is 1. The second-order valence-electron chi connectivity index (χ2n) is 5.44. The number of aromatic nitrogens is 3. The molecule has 1 N–H and O–H groups in total.